The van der Waals surface area contributed by atoms with Gasteiger partial charge in [0.25, 0.3) is 5.91 Å². The highest BCUT2D eigenvalue weighted by atomic mass is 19.1. The summed E-state index contributed by atoms with van der Waals surface area (Å²) in [5, 5.41) is 2.67. The van der Waals surface area contributed by atoms with Gasteiger partial charge < -0.3 is 19.1 Å². The predicted octanol–water partition coefficient (Wildman–Crippen LogP) is 3.68. The molecular weight excluding hydrogens is 339 g/mol. The fourth-order valence-electron chi connectivity index (χ4n) is 2.41. The average Bonchev–Trinajstić information content (AvgIpc) is 3.34. The second-order valence-corrected chi connectivity index (χ2v) is 5.62. The van der Waals surface area contributed by atoms with Crippen molar-refractivity contribution in [2.24, 2.45) is 0 Å². The number of amides is 2. The van der Waals surface area contributed by atoms with E-state index in [1.807, 2.05) is 0 Å². The van der Waals surface area contributed by atoms with Gasteiger partial charge in [0.1, 0.15) is 17.8 Å². The highest BCUT2D eigenvalue weighted by Gasteiger charge is 2.19. The lowest BCUT2D eigenvalue weighted by molar-refractivity contribution is -0.116. The largest absolute Gasteiger partial charge is 0.472 e. The summed E-state index contributed by atoms with van der Waals surface area (Å²) in [7, 11) is 0. The number of benzene rings is 1. The van der Waals surface area contributed by atoms with Gasteiger partial charge in [0.15, 0.2) is 0 Å². The minimum absolute atomic E-state index is 0.0850. The maximum atomic E-state index is 12.9. The third kappa shape index (κ3) is 4.60. The predicted molar refractivity (Wildman–Crippen MR) is 91.8 cm³/mol. The molecule has 0 aliphatic heterocycles. The summed E-state index contributed by atoms with van der Waals surface area (Å²) < 4.78 is 23.2. The van der Waals surface area contributed by atoms with E-state index in [9.17, 15) is 14.0 Å². The van der Waals surface area contributed by atoms with Gasteiger partial charge in [-0.2, -0.15) is 0 Å². The Morgan fingerprint density at radius 2 is 1.88 bits per heavy atom. The topological polar surface area (TPSA) is 75.7 Å². The smallest absolute Gasteiger partial charge is 0.257 e. The van der Waals surface area contributed by atoms with Gasteiger partial charge >= 0.3 is 0 Å². The van der Waals surface area contributed by atoms with Crippen molar-refractivity contribution >= 4 is 17.5 Å². The van der Waals surface area contributed by atoms with Gasteiger partial charge in [-0.05, 0) is 42.5 Å². The van der Waals surface area contributed by atoms with Crippen LogP contribution >= 0.6 is 0 Å². The molecule has 0 radical (unpaired) electrons. The van der Waals surface area contributed by atoms with Gasteiger partial charge in [0.05, 0.1) is 24.6 Å². The molecule has 134 valence electrons. The Kier molecular flexibility index (Phi) is 5.48. The van der Waals surface area contributed by atoms with Crippen LogP contribution in [0.25, 0.3) is 0 Å². The molecule has 0 bridgehead atoms. The number of hydrogen-bond donors (Lipinski definition) is 1. The Bertz CT molecular complexity index is 842. The van der Waals surface area contributed by atoms with Crippen molar-refractivity contribution in [3.8, 4) is 0 Å². The minimum Gasteiger partial charge on any atom is -0.472 e. The molecule has 7 heteroatoms. The Morgan fingerprint density at radius 1 is 1.08 bits per heavy atom. The highest BCUT2D eigenvalue weighted by molar-refractivity contribution is 5.95. The summed E-state index contributed by atoms with van der Waals surface area (Å²) in [6.45, 7) is 0.429. The van der Waals surface area contributed by atoms with Crippen molar-refractivity contribution in [3.05, 3.63) is 78.4 Å². The summed E-state index contributed by atoms with van der Waals surface area (Å²) in [5.74, 6) is -0.301. The minimum atomic E-state index is -0.377. The maximum Gasteiger partial charge on any atom is 0.257 e. The first-order chi connectivity index (χ1) is 12.6. The molecule has 0 aliphatic rings. The molecule has 1 N–H and O–H groups in total. The summed E-state index contributed by atoms with van der Waals surface area (Å²) >= 11 is 0. The van der Waals surface area contributed by atoms with E-state index in [4.69, 9.17) is 8.83 Å². The molecular formula is C19H17FN2O4. The number of anilines is 1. The molecule has 0 saturated heterocycles. The van der Waals surface area contributed by atoms with Gasteiger partial charge in [-0.15, -0.1) is 0 Å². The second kappa shape index (κ2) is 8.15. The van der Waals surface area contributed by atoms with E-state index in [0.29, 0.717) is 17.0 Å². The normalized spacial score (nSPS) is 10.5. The van der Waals surface area contributed by atoms with Gasteiger partial charge in [-0.1, -0.05) is 0 Å². The molecule has 26 heavy (non-hydrogen) atoms. The molecule has 2 heterocycles. The van der Waals surface area contributed by atoms with Crippen LogP contribution in [0.15, 0.2) is 70.1 Å². The van der Waals surface area contributed by atoms with Crippen molar-refractivity contribution in [3.63, 3.8) is 0 Å². The van der Waals surface area contributed by atoms with Gasteiger partial charge in [-0.3, -0.25) is 9.59 Å². The van der Waals surface area contributed by atoms with E-state index in [1.165, 1.54) is 48.0 Å². The fourth-order valence-corrected chi connectivity index (χ4v) is 2.41. The average molecular weight is 356 g/mol. The Labute approximate surface area is 149 Å². The van der Waals surface area contributed by atoms with E-state index >= 15 is 0 Å². The second-order valence-electron chi connectivity index (χ2n) is 5.62. The van der Waals surface area contributed by atoms with E-state index in [1.54, 1.807) is 18.2 Å². The highest BCUT2D eigenvalue weighted by Crippen LogP contribution is 2.13. The van der Waals surface area contributed by atoms with E-state index in [-0.39, 0.29) is 37.1 Å². The first kappa shape index (κ1) is 17.5. The van der Waals surface area contributed by atoms with Crippen LogP contribution in [0.2, 0.25) is 0 Å². The quantitative estimate of drug-likeness (QED) is 0.701. The number of nitrogens with one attached hydrogen (secondary N) is 1. The molecule has 2 amide bonds. The van der Waals surface area contributed by atoms with Crippen molar-refractivity contribution < 1.29 is 22.8 Å². The monoisotopic (exact) mass is 356 g/mol. The maximum absolute atomic E-state index is 12.9. The van der Waals surface area contributed by atoms with Crippen LogP contribution in [0.3, 0.4) is 0 Å². The molecule has 1 aromatic carbocycles. The van der Waals surface area contributed by atoms with Crippen LogP contribution < -0.4 is 5.32 Å². The summed E-state index contributed by atoms with van der Waals surface area (Å²) in [5.41, 5.74) is 0.894. The number of halogens is 1. The SMILES string of the molecule is O=C(CCN(Cc1ccco1)C(=O)c1ccoc1)Nc1ccc(F)cc1. The fraction of sp³-hybridized carbons (Fsp3) is 0.158. The Morgan fingerprint density at radius 3 is 2.54 bits per heavy atom. The number of hydrogen-bond acceptors (Lipinski definition) is 4. The summed E-state index contributed by atoms with van der Waals surface area (Å²) in [6.07, 6.45) is 4.38. The van der Waals surface area contributed by atoms with Crippen molar-refractivity contribution in [1.29, 1.82) is 0 Å². The molecule has 0 unspecified atom stereocenters. The Hall–Kier alpha value is -3.35. The van der Waals surface area contributed by atoms with Crippen LogP contribution in [0, 0.1) is 5.82 Å². The zero-order valence-corrected chi connectivity index (χ0v) is 13.9. The molecule has 0 fully saturated rings. The van der Waals surface area contributed by atoms with Crippen molar-refractivity contribution in [2.45, 2.75) is 13.0 Å². The lowest BCUT2D eigenvalue weighted by Crippen LogP contribution is -2.33. The third-order valence-corrected chi connectivity index (χ3v) is 3.72. The number of carbonyl (C=O) groups excluding carboxylic acids is 2. The molecule has 3 aromatic rings. The number of rotatable bonds is 7. The third-order valence-electron chi connectivity index (χ3n) is 3.72. The lowest BCUT2D eigenvalue weighted by atomic mass is 10.2. The summed E-state index contributed by atoms with van der Waals surface area (Å²) in [4.78, 5) is 26.2. The first-order valence-corrected chi connectivity index (χ1v) is 8.01. The van der Waals surface area contributed by atoms with E-state index in [2.05, 4.69) is 5.32 Å². The number of carbonyl (C=O) groups is 2. The molecule has 3 rings (SSSR count). The molecule has 0 spiro atoms. The van der Waals surface area contributed by atoms with Crippen molar-refractivity contribution in [1.82, 2.24) is 4.90 Å². The van der Waals surface area contributed by atoms with Crippen LogP contribution in [0.1, 0.15) is 22.5 Å². The van der Waals surface area contributed by atoms with Crippen LogP contribution in [0.5, 0.6) is 0 Å². The summed E-state index contributed by atoms with van der Waals surface area (Å²) in [6, 6.07) is 10.5. The van der Waals surface area contributed by atoms with Gasteiger partial charge in [0.2, 0.25) is 5.91 Å². The van der Waals surface area contributed by atoms with Crippen LogP contribution in [0.4, 0.5) is 10.1 Å². The molecule has 0 aliphatic carbocycles. The van der Waals surface area contributed by atoms with Crippen molar-refractivity contribution in [2.75, 3.05) is 11.9 Å². The van der Waals surface area contributed by atoms with Gasteiger partial charge in [-0.25, -0.2) is 4.39 Å². The number of furan rings is 2. The van der Waals surface area contributed by atoms with E-state index < -0.39 is 0 Å². The molecule has 2 aromatic heterocycles. The van der Waals surface area contributed by atoms with E-state index in [0.717, 1.165) is 0 Å². The lowest BCUT2D eigenvalue weighted by Gasteiger charge is -2.20. The standard InChI is InChI=1S/C19H17FN2O4/c20-15-3-5-16(6-4-15)21-18(23)7-9-22(12-17-2-1-10-26-17)19(24)14-8-11-25-13-14/h1-6,8,10-11,13H,7,9,12H2,(H,21,23). The zero-order chi connectivity index (χ0) is 18.4. The van der Waals surface area contributed by atoms with Crippen LogP contribution in [-0.2, 0) is 11.3 Å². The number of nitrogens with zero attached hydrogens (tertiary/aromatic N) is 1. The zero-order valence-electron chi connectivity index (χ0n) is 13.9. The van der Waals surface area contributed by atoms with Gasteiger partial charge in [0, 0.05) is 18.7 Å². The molecule has 6 nitrogen and oxygen atoms in total. The molecule has 0 atom stereocenters. The molecule has 0 saturated carbocycles. The van der Waals surface area contributed by atoms with Crippen LogP contribution in [-0.4, -0.2) is 23.3 Å². The Balaban J connectivity index is 1.62. The first-order valence-electron chi connectivity index (χ1n) is 8.01.